The van der Waals surface area contributed by atoms with Gasteiger partial charge in [-0.25, -0.2) is 0 Å². The molecular weight excluding hydrogens is 262 g/mol. The molecule has 2 atom stereocenters. The first-order valence-electron chi connectivity index (χ1n) is 6.09. The van der Waals surface area contributed by atoms with Crippen molar-refractivity contribution >= 4 is 22.7 Å². The predicted molar refractivity (Wildman–Crippen MR) is 79.5 cm³/mol. The zero-order valence-electron chi connectivity index (χ0n) is 10.9. The van der Waals surface area contributed by atoms with Gasteiger partial charge in [-0.1, -0.05) is 6.07 Å². The van der Waals surface area contributed by atoms with Gasteiger partial charge in [0.25, 0.3) is 0 Å². The van der Waals surface area contributed by atoms with E-state index in [1.54, 1.807) is 11.3 Å². The van der Waals surface area contributed by atoms with Gasteiger partial charge < -0.3 is 10.4 Å². The third-order valence-corrected chi connectivity index (χ3v) is 4.99. The molecule has 0 aliphatic heterocycles. The fourth-order valence-corrected chi connectivity index (χ4v) is 3.79. The highest BCUT2D eigenvalue weighted by Crippen LogP contribution is 2.26. The number of aliphatic hydroxyl groups is 1. The molecule has 0 aliphatic rings. The summed E-state index contributed by atoms with van der Waals surface area (Å²) in [6.45, 7) is 7.03. The molecule has 0 spiro atoms. The normalized spacial score (nSPS) is 14.7. The van der Waals surface area contributed by atoms with Gasteiger partial charge in [0.2, 0.25) is 0 Å². The number of aryl methyl sites for hydroxylation is 2. The van der Waals surface area contributed by atoms with E-state index in [1.807, 2.05) is 28.8 Å². The zero-order valence-corrected chi connectivity index (χ0v) is 12.6. The van der Waals surface area contributed by atoms with E-state index in [4.69, 9.17) is 0 Å². The number of aliphatic hydroxyl groups excluding tert-OH is 1. The Morgan fingerprint density at radius 3 is 2.72 bits per heavy atom. The lowest BCUT2D eigenvalue weighted by Gasteiger charge is -2.16. The van der Waals surface area contributed by atoms with Crippen molar-refractivity contribution in [2.75, 3.05) is 6.54 Å². The molecule has 2 heterocycles. The topological polar surface area (TPSA) is 32.3 Å². The van der Waals surface area contributed by atoms with Crippen LogP contribution in [0, 0.1) is 13.8 Å². The minimum absolute atomic E-state index is 0.282. The van der Waals surface area contributed by atoms with Crippen LogP contribution in [-0.2, 0) is 0 Å². The smallest absolute Gasteiger partial charge is 0.101 e. The second-order valence-electron chi connectivity index (χ2n) is 4.53. The molecule has 0 bridgehead atoms. The molecule has 4 heteroatoms. The summed E-state index contributed by atoms with van der Waals surface area (Å²) in [4.78, 5) is 3.72. The summed E-state index contributed by atoms with van der Waals surface area (Å²) in [6.07, 6.45) is -0.410. The van der Waals surface area contributed by atoms with Crippen LogP contribution in [0.3, 0.4) is 0 Å². The number of nitrogens with one attached hydrogen (secondary N) is 1. The Bertz CT molecular complexity index is 490. The summed E-state index contributed by atoms with van der Waals surface area (Å²) >= 11 is 3.43. The third kappa shape index (κ3) is 3.20. The highest BCUT2D eigenvalue weighted by molar-refractivity contribution is 7.12. The van der Waals surface area contributed by atoms with Gasteiger partial charge in [0, 0.05) is 27.2 Å². The van der Waals surface area contributed by atoms with Crippen LogP contribution < -0.4 is 5.32 Å². The molecule has 2 aromatic rings. The van der Waals surface area contributed by atoms with Crippen LogP contribution >= 0.6 is 22.7 Å². The van der Waals surface area contributed by atoms with Gasteiger partial charge in [-0.15, -0.1) is 22.7 Å². The molecule has 0 saturated carbocycles. The SMILES string of the molecule is Cc1cc(C(C)NCC(O)c2cccs2)c(C)s1. The van der Waals surface area contributed by atoms with Gasteiger partial charge >= 0.3 is 0 Å². The molecule has 0 saturated heterocycles. The molecule has 0 fully saturated rings. The first kappa shape index (κ1) is 13.7. The first-order valence-corrected chi connectivity index (χ1v) is 7.79. The van der Waals surface area contributed by atoms with Crippen molar-refractivity contribution in [2.24, 2.45) is 0 Å². The summed E-state index contributed by atoms with van der Waals surface area (Å²) in [5, 5.41) is 15.4. The number of thiophene rings is 2. The van der Waals surface area contributed by atoms with E-state index in [0.717, 1.165) is 4.88 Å². The fourth-order valence-electron chi connectivity index (χ4n) is 2.06. The molecule has 2 aromatic heterocycles. The Morgan fingerprint density at radius 1 is 1.39 bits per heavy atom. The van der Waals surface area contributed by atoms with Gasteiger partial charge in [0.15, 0.2) is 0 Å². The molecule has 2 rings (SSSR count). The largest absolute Gasteiger partial charge is 0.386 e. The monoisotopic (exact) mass is 281 g/mol. The lowest BCUT2D eigenvalue weighted by molar-refractivity contribution is 0.174. The van der Waals surface area contributed by atoms with E-state index < -0.39 is 6.10 Å². The third-order valence-electron chi connectivity index (χ3n) is 3.03. The molecule has 2 unspecified atom stereocenters. The van der Waals surface area contributed by atoms with Gasteiger partial charge in [0.05, 0.1) is 0 Å². The Morgan fingerprint density at radius 2 is 2.17 bits per heavy atom. The van der Waals surface area contributed by atoms with E-state index in [2.05, 4.69) is 32.2 Å². The van der Waals surface area contributed by atoms with Crippen molar-refractivity contribution in [3.63, 3.8) is 0 Å². The van der Waals surface area contributed by atoms with Crippen LogP contribution in [0.25, 0.3) is 0 Å². The average Bonchev–Trinajstić information content (AvgIpc) is 2.95. The summed E-state index contributed by atoms with van der Waals surface area (Å²) in [6, 6.07) is 6.46. The van der Waals surface area contributed by atoms with Gasteiger partial charge in [0.1, 0.15) is 6.10 Å². The molecule has 0 amide bonds. The van der Waals surface area contributed by atoms with E-state index in [1.165, 1.54) is 15.3 Å². The number of hydrogen-bond donors (Lipinski definition) is 2. The van der Waals surface area contributed by atoms with Crippen molar-refractivity contribution in [1.29, 1.82) is 0 Å². The molecule has 18 heavy (non-hydrogen) atoms. The lowest BCUT2D eigenvalue weighted by Crippen LogP contribution is -2.24. The zero-order chi connectivity index (χ0) is 13.1. The quantitative estimate of drug-likeness (QED) is 0.873. The molecular formula is C14H19NOS2. The average molecular weight is 281 g/mol. The predicted octanol–water partition coefficient (Wildman–Crippen LogP) is 3.81. The van der Waals surface area contributed by atoms with Gasteiger partial charge in [-0.2, -0.15) is 0 Å². The lowest BCUT2D eigenvalue weighted by atomic mass is 10.1. The van der Waals surface area contributed by atoms with Crippen molar-refractivity contribution in [1.82, 2.24) is 5.32 Å². The highest BCUT2D eigenvalue weighted by atomic mass is 32.1. The van der Waals surface area contributed by atoms with Crippen LogP contribution in [0.1, 0.15) is 39.3 Å². The second kappa shape index (κ2) is 5.97. The molecule has 0 aromatic carbocycles. The van der Waals surface area contributed by atoms with Gasteiger partial charge in [-0.05, 0) is 43.8 Å². The van der Waals surface area contributed by atoms with Gasteiger partial charge in [-0.3, -0.25) is 0 Å². The molecule has 0 radical (unpaired) electrons. The molecule has 0 aliphatic carbocycles. The maximum atomic E-state index is 10.0. The standard InChI is InChI=1S/C14H19NOS2/c1-9-7-12(11(3)18-9)10(2)15-8-13(16)14-5-4-6-17-14/h4-7,10,13,15-16H,8H2,1-3H3. The van der Waals surface area contributed by atoms with Crippen molar-refractivity contribution in [2.45, 2.75) is 32.9 Å². The van der Waals surface area contributed by atoms with Crippen LogP contribution in [0.4, 0.5) is 0 Å². The Kier molecular flexibility index (Phi) is 4.56. The van der Waals surface area contributed by atoms with E-state index in [9.17, 15) is 5.11 Å². The molecule has 2 N–H and O–H groups in total. The summed E-state index contributed by atoms with van der Waals surface area (Å²) in [5.74, 6) is 0. The highest BCUT2D eigenvalue weighted by Gasteiger charge is 2.14. The first-order chi connectivity index (χ1) is 8.58. The fraction of sp³-hybridized carbons (Fsp3) is 0.429. The maximum Gasteiger partial charge on any atom is 0.101 e. The van der Waals surface area contributed by atoms with Crippen molar-refractivity contribution < 1.29 is 5.11 Å². The van der Waals surface area contributed by atoms with Crippen LogP contribution in [0.2, 0.25) is 0 Å². The summed E-state index contributed by atoms with van der Waals surface area (Å²) in [5.41, 5.74) is 1.34. The maximum absolute atomic E-state index is 10.0. The minimum atomic E-state index is -0.410. The number of hydrogen-bond acceptors (Lipinski definition) is 4. The van der Waals surface area contributed by atoms with Crippen molar-refractivity contribution in [3.8, 4) is 0 Å². The molecule has 2 nitrogen and oxygen atoms in total. The molecule has 98 valence electrons. The van der Waals surface area contributed by atoms with Crippen LogP contribution in [0.5, 0.6) is 0 Å². The minimum Gasteiger partial charge on any atom is -0.386 e. The Labute approximate surface area is 116 Å². The van der Waals surface area contributed by atoms with Crippen LogP contribution in [-0.4, -0.2) is 11.7 Å². The summed E-state index contributed by atoms with van der Waals surface area (Å²) < 4.78 is 0. The number of rotatable bonds is 5. The van der Waals surface area contributed by atoms with Crippen LogP contribution in [0.15, 0.2) is 23.6 Å². The Balaban J connectivity index is 1.92. The second-order valence-corrected chi connectivity index (χ2v) is 6.97. The van der Waals surface area contributed by atoms with E-state index in [-0.39, 0.29) is 6.04 Å². The Hall–Kier alpha value is -0.680. The van der Waals surface area contributed by atoms with E-state index in [0.29, 0.717) is 6.54 Å². The summed E-state index contributed by atoms with van der Waals surface area (Å²) in [7, 11) is 0. The van der Waals surface area contributed by atoms with Crippen molar-refractivity contribution in [3.05, 3.63) is 43.8 Å². The van der Waals surface area contributed by atoms with E-state index >= 15 is 0 Å².